The van der Waals surface area contributed by atoms with E-state index in [1.54, 1.807) is 0 Å². The molecule has 0 spiro atoms. The first-order valence-corrected chi connectivity index (χ1v) is 10.0. The fourth-order valence-electron chi connectivity index (χ4n) is 4.33. The molecule has 0 heteroatoms. The zero-order chi connectivity index (χ0) is 17.1. The predicted molar refractivity (Wildman–Crippen MR) is 103 cm³/mol. The maximum atomic E-state index is 2.53. The highest BCUT2D eigenvalue weighted by atomic mass is 14.5. The molecule has 0 aliphatic rings. The molecule has 0 bridgehead atoms. The van der Waals surface area contributed by atoms with Gasteiger partial charge >= 0.3 is 0 Å². The first kappa shape index (κ1) is 21.7. The second-order valence-corrected chi connectivity index (χ2v) is 8.20. The van der Waals surface area contributed by atoms with Gasteiger partial charge in [-0.3, -0.25) is 0 Å². The van der Waals surface area contributed by atoms with E-state index in [1.165, 1.54) is 64.2 Å². The molecule has 0 aliphatic carbocycles. The first-order chi connectivity index (χ1) is 10.4. The second kappa shape index (κ2) is 11.3. The molecule has 0 aromatic rings. The Morgan fingerprint density at radius 1 is 0.818 bits per heavy atom. The highest BCUT2D eigenvalue weighted by molar-refractivity contribution is 5.02. The van der Waals surface area contributed by atoms with Crippen molar-refractivity contribution < 1.29 is 0 Å². The Kier molecular flexibility index (Phi) is 11.2. The Morgan fingerprint density at radius 2 is 1.41 bits per heavy atom. The van der Waals surface area contributed by atoms with Crippen molar-refractivity contribution in [2.24, 2.45) is 16.7 Å². The predicted octanol–water partition coefficient (Wildman–Crippen LogP) is 8.17. The minimum atomic E-state index is 0.379. The Morgan fingerprint density at radius 3 is 1.86 bits per heavy atom. The Labute approximate surface area is 142 Å². The summed E-state index contributed by atoms with van der Waals surface area (Å²) in [7, 11) is 0. The van der Waals surface area contributed by atoms with Crippen molar-refractivity contribution in [1.82, 2.24) is 0 Å². The van der Waals surface area contributed by atoms with Crippen molar-refractivity contribution in [3.05, 3.63) is 12.2 Å². The van der Waals surface area contributed by atoms with Gasteiger partial charge in [0.05, 0.1) is 0 Å². The second-order valence-electron chi connectivity index (χ2n) is 8.20. The van der Waals surface area contributed by atoms with Crippen molar-refractivity contribution in [3.63, 3.8) is 0 Å². The van der Waals surface area contributed by atoms with Gasteiger partial charge in [0.15, 0.2) is 0 Å². The summed E-state index contributed by atoms with van der Waals surface area (Å²) in [6.07, 6.45) is 18.6. The van der Waals surface area contributed by atoms with Crippen LogP contribution >= 0.6 is 0 Å². The van der Waals surface area contributed by atoms with E-state index in [-0.39, 0.29) is 0 Å². The summed E-state index contributed by atoms with van der Waals surface area (Å²) in [6, 6.07) is 0. The average Bonchev–Trinajstić information content (AvgIpc) is 2.46. The molecule has 0 radical (unpaired) electrons. The lowest BCUT2D eigenvalue weighted by atomic mass is 9.55. The van der Waals surface area contributed by atoms with E-state index in [1.807, 2.05) is 0 Å². The van der Waals surface area contributed by atoms with Crippen LogP contribution in [0.2, 0.25) is 0 Å². The Balaban J connectivity index is 5.05. The van der Waals surface area contributed by atoms with Gasteiger partial charge in [-0.15, -0.1) is 0 Å². The van der Waals surface area contributed by atoms with Gasteiger partial charge in [0.1, 0.15) is 0 Å². The summed E-state index contributed by atoms with van der Waals surface area (Å²) in [4.78, 5) is 0. The van der Waals surface area contributed by atoms with E-state index in [9.17, 15) is 0 Å². The molecule has 0 aromatic carbocycles. The normalized spacial score (nSPS) is 16.9. The van der Waals surface area contributed by atoms with Gasteiger partial charge in [0.25, 0.3) is 0 Å². The van der Waals surface area contributed by atoms with Gasteiger partial charge in [-0.2, -0.15) is 0 Å². The third kappa shape index (κ3) is 6.47. The highest BCUT2D eigenvalue weighted by Crippen LogP contribution is 2.53. The maximum Gasteiger partial charge on any atom is -0.0172 e. The molecule has 0 saturated carbocycles. The lowest BCUT2D eigenvalue weighted by Crippen LogP contribution is -2.41. The van der Waals surface area contributed by atoms with Crippen molar-refractivity contribution >= 4 is 0 Å². The number of unbranched alkanes of at least 4 members (excludes halogenated alkanes) is 5. The SMILES string of the molecule is CC=CC(CCCCCCC)C(CC)(CCCC)C(C)(C)C. The van der Waals surface area contributed by atoms with Crippen LogP contribution in [0.25, 0.3) is 0 Å². The van der Waals surface area contributed by atoms with Crippen LogP contribution in [0.3, 0.4) is 0 Å². The molecular weight excluding hydrogens is 264 g/mol. The Bertz CT molecular complexity index is 281. The number of allylic oxidation sites excluding steroid dienone is 2. The van der Waals surface area contributed by atoms with E-state index in [0.717, 1.165) is 5.92 Å². The summed E-state index contributed by atoms with van der Waals surface area (Å²) in [5.74, 6) is 0.746. The van der Waals surface area contributed by atoms with Crippen LogP contribution in [0.1, 0.15) is 113 Å². The van der Waals surface area contributed by atoms with Crippen molar-refractivity contribution in [2.75, 3.05) is 0 Å². The van der Waals surface area contributed by atoms with Crippen molar-refractivity contribution in [2.45, 2.75) is 113 Å². The molecule has 132 valence electrons. The van der Waals surface area contributed by atoms with Gasteiger partial charge in [-0.1, -0.05) is 98.6 Å². The van der Waals surface area contributed by atoms with Crippen LogP contribution in [0, 0.1) is 16.7 Å². The molecule has 0 saturated heterocycles. The van der Waals surface area contributed by atoms with Gasteiger partial charge in [-0.25, -0.2) is 0 Å². The fraction of sp³-hybridized carbons (Fsp3) is 0.909. The third-order valence-corrected chi connectivity index (χ3v) is 5.85. The largest absolute Gasteiger partial charge is 0.0914 e. The monoisotopic (exact) mass is 308 g/mol. The lowest BCUT2D eigenvalue weighted by molar-refractivity contribution is 0.0139. The third-order valence-electron chi connectivity index (χ3n) is 5.85. The minimum Gasteiger partial charge on any atom is -0.0914 e. The maximum absolute atomic E-state index is 2.53. The van der Waals surface area contributed by atoms with Crippen LogP contribution in [0.4, 0.5) is 0 Å². The van der Waals surface area contributed by atoms with Gasteiger partial charge < -0.3 is 0 Å². The molecule has 0 aliphatic heterocycles. The van der Waals surface area contributed by atoms with Crippen LogP contribution in [0.5, 0.6) is 0 Å². The number of hydrogen-bond donors (Lipinski definition) is 0. The van der Waals surface area contributed by atoms with Crippen LogP contribution in [0.15, 0.2) is 12.2 Å². The molecule has 0 nitrogen and oxygen atoms in total. The molecule has 0 rings (SSSR count). The zero-order valence-corrected chi connectivity index (χ0v) is 16.8. The molecule has 22 heavy (non-hydrogen) atoms. The van der Waals surface area contributed by atoms with Crippen LogP contribution < -0.4 is 0 Å². The van der Waals surface area contributed by atoms with E-state index in [2.05, 4.69) is 60.6 Å². The summed E-state index contributed by atoms with van der Waals surface area (Å²) in [5.41, 5.74) is 0.838. The van der Waals surface area contributed by atoms with E-state index < -0.39 is 0 Å². The summed E-state index contributed by atoms with van der Waals surface area (Å²) >= 11 is 0. The number of hydrogen-bond acceptors (Lipinski definition) is 0. The lowest BCUT2D eigenvalue weighted by Gasteiger charge is -2.50. The quantitative estimate of drug-likeness (QED) is 0.252. The van der Waals surface area contributed by atoms with Gasteiger partial charge in [0, 0.05) is 0 Å². The van der Waals surface area contributed by atoms with E-state index in [0.29, 0.717) is 10.8 Å². The standard InChI is InChI=1S/C22H44/c1-8-12-14-15-16-18-20(17-10-3)22(11-4,19-13-9-2)21(5,6)7/h10,17,20H,8-9,11-16,18-19H2,1-7H3. The van der Waals surface area contributed by atoms with Crippen LogP contribution in [-0.4, -0.2) is 0 Å². The molecule has 2 unspecified atom stereocenters. The van der Waals surface area contributed by atoms with E-state index >= 15 is 0 Å². The van der Waals surface area contributed by atoms with E-state index in [4.69, 9.17) is 0 Å². The minimum absolute atomic E-state index is 0.379. The Hall–Kier alpha value is -0.260. The molecule has 0 fully saturated rings. The number of rotatable bonds is 12. The summed E-state index contributed by atoms with van der Waals surface area (Å²) in [5, 5.41) is 0. The van der Waals surface area contributed by atoms with Gasteiger partial charge in [-0.05, 0) is 42.9 Å². The fourth-order valence-corrected chi connectivity index (χ4v) is 4.33. The molecular formula is C22H44. The molecule has 0 N–H and O–H groups in total. The molecule has 0 aromatic heterocycles. The first-order valence-electron chi connectivity index (χ1n) is 10.0. The average molecular weight is 309 g/mol. The van der Waals surface area contributed by atoms with Gasteiger partial charge in [0.2, 0.25) is 0 Å². The smallest absolute Gasteiger partial charge is 0.0172 e. The summed E-state index contributed by atoms with van der Waals surface area (Å²) < 4.78 is 0. The zero-order valence-electron chi connectivity index (χ0n) is 16.8. The highest BCUT2D eigenvalue weighted by Gasteiger charge is 2.44. The summed E-state index contributed by atoms with van der Waals surface area (Å²) in [6.45, 7) is 16.7. The molecule has 0 heterocycles. The van der Waals surface area contributed by atoms with Crippen LogP contribution in [-0.2, 0) is 0 Å². The topological polar surface area (TPSA) is 0 Å². The molecule has 0 amide bonds. The van der Waals surface area contributed by atoms with Crippen molar-refractivity contribution in [3.8, 4) is 0 Å². The molecule has 2 atom stereocenters. The van der Waals surface area contributed by atoms with Crippen molar-refractivity contribution in [1.29, 1.82) is 0 Å².